The first-order chi connectivity index (χ1) is 17.4. The maximum atomic E-state index is 13.4. The van der Waals surface area contributed by atoms with E-state index in [1.54, 1.807) is 0 Å². The number of para-hydroxylation sites is 1. The number of carbonyl (C=O) groups excluding carboxylic acids is 1. The van der Waals surface area contributed by atoms with Gasteiger partial charge < -0.3 is 14.0 Å². The fourth-order valence-corrected chi connectivity index (χ4v) is 4.83. The topological polar surface area (TPSA) is 35.5 Å². The Morgan fingerprint density at radius 1 is 0.806 bits per heavy atom. The maximum absolute atomic E-state index is 13.4. The number of hydrogen-bond donors (Lipinski definition) is 0. The third kappa shape index (κ3) is 10.3. The maximum Gasteiger partial charge on any atom is 0.368 e. The van der Waals surface area contributed by atoms with Gasteiger partial charge in [-0.15, -0.1) is 0 Å². The van der Waals surface area contributed by atoms with Crippen LogP contribution in [0.5, 0.6) is 5.75 Å². The Morgan fingerprint density at radius 3 is 2.11 bits per heavy atom. The Bertz CT molecular complexity index is 865. The zero-order valence-electron chi connectivity index (χ0n) is 23.5. The van der Waals surface area contributed by atoms with Gasteiger partial charge >= 0.3 is 5.97 Å². The molecule has 0 amide bonds. The molecule has 0 aliphatic rings. The summed E-state index contributed by atoms with van der Waals surface area (Å²) in [5.41, 5.74) is 2.42. The lowest BCUT2D eigenvalue weighted by molar-refractivity contribution is -0.920. The van der Waals surface area contributed by atoms with Crippen molar-refractivity contribution in [3.63, 3.8) is 0 Å². The van der Waals surface area contributed by atoms with Gasteiger partial charge in [-0.25, -0.2) is 4.79 Å². The molecule has 0 N–H and O–H groups in total. The third-order valence-electron chi connectivity index (χ3n) is 6.97. The van der Waals surface area contributed by atoms with E-state index in [0.717, 1.165) is 38.0 Å². The molecule has 2 aromatic carbocycles. The van der Waals surface area contributed by atoms with Crippen LogP contribution >= 0.6 is 0 Å². The van der Waals surface area contributed by atoms with E-state index in [-0.39, 0.29) is 12.0 Å². The van der Waals surface area contributed by atoms with Crippen LogP contribution < -0.4 is 4.74 Å². The molecule has 4 heteroatoms. The fourth-order valence-electron chi connectivity index (χ4n) is 4.83. The molecule has 0 fully saturated rings. The monoisotopic (exact) mass is 496 g/mol. The summed E-state index contributed by atoms with van der Waals surface area (Å²) in [5.74, 6) is 0.669. The summed E-state index contributed by atoms with van der Waals surface area (Å²) in [5, 5.41) is 0. The number of likely N-dealkylation sites (N-methyl/N-ethyl adjacent to an activating group) is 1. The van der Waals surface area contributed by atoms with Crippen LogP contribution in [0.2, 0.25) is 0 Å². The number of hydrogen-bond acceptors (Lipinski definition) is 3. The van der Waals surface area contributed by atoms with Gasteiger partial charge in [0.1, 0.15) is 12.3 Å². The highest BCUT2D eigenvalue weighted by Gasteiger charge is 2.37. The molecule has 0 saturated heterocycles. The average Bonchev–Trinajstić information content (AvgIpc) is 2.87. The van der Waals surface area contributed by atoms with Gasteiger partial charge in [-0.1, -0.05) is 108 Å². The van der Waals surface area contributed by atoms with Gasteiger partial charge in [0.2, 0.25) is 6.29 Å². The highest BCUT2D eigenvalue weighted by molar-refractivity contribution is 5.74. The smallest absolute Gasteiger partial charge is 0.368 e. The van der Waals surface area contributed by atoms with Crippen molar-refractivity contribution >= 4 is 5.97 Å². The molecule has 2 atom stereocenters. The highest BCUT2D eigenvalue weighted by Crippen LogP contribution is 2.25. The summed E-state index contributed by atoms with van der Waals surface area (Å²) in [6.07, 6.45) is 11.8. The Hall–Kier alpha value is -2.33. The Morgan fingerprint density at radius 2 is 1.44 bits per heavy atom. The third-order valence-corrected chi connectivity index (χ3v) is 6.97. The second kappa shape index (κ2) is 16.4. The largest absolute Gasteiger partial charge is 0.455 e. The predicted octanol–water partition coefficient (Wildman–Crippen LogP) is 8.08. The molecule has 200 valence electrons. The van der Waals surface area contributed by atoms with E-state index in [9.17, 15) is 4.79 Å². The first-order valence-corrected chi connectivity index (χ1v) is 14.2. The minimum Gasteiger partial charge on any atom is -0.455 e. The number of aryl methyl sites for hydroxylation is 1. The van der Waals surface area contributed by atoms with Crippen LogP contribution in [-0.2, 0) is 22.5 Å². The van der Waals surface area contributed by atoms with Crippen LogP contribution in [0.25, 0.3) is 0 Å². The van der Waals surface area contributed by atoms with Gasteiger partial charge in [0.25, 0.3) is 0 Å². The normalized spacial score (nSPS) is 13.2. The number of benzene rings is 2. The van der Waals surface area contributed by atoms with E-state index in [0.29, 0.717) is 10.9 Å². The molecule has 2 unspecified atom stereocenters. The quantitative estimate of drug-likeness (QED) is 0.0905. The van der Waals surface area contributed by atoms with Gasteiger partial charge in [0, 0.05) is 18.4 Å². The standard InChI is InChI=1S/C32H50NO3/c1-6-9-10-11-12-13-17-23-28-24-18-19-25-30(28)35-31(8-3)36-32(34)29(20-7-2)33(4,5)26-27-21-15-14-16-22-27/h14-16,18-19,21-22,24-25,29,31H,6-13,17,20,23,26H2,1-5H3/q+1. The van der Waals surface area contributed by atoms with E-state index in [1.807, 2.05) is 37.3 Å². The van der Waals surface area contributed by atoms with Crippen molar-refractivity contribution in [1.29, 1.82) is 0 Å². The molecule has 0 aliphatic heterocycles. The van der Waals surface area contributed by atoms with Crippen LogP contribution in [0, 0.1) is 0 Å². The minimum absolute atomic E-state index is 0.172. The van der Waals surface area contributed by atoms with Crippen LogP contribution in [0.3, 0.4) is 0 Å². The summed E-state index contributed by atoms with van der Waals surface area (Å²) >= 11 is 0. The zero-order valence-corrected chi connectivity index (χ0v) is 23.5. The zero-order chi connectivity index (χ0) is 26.2. The van der Waals surface area contributed by atoms with Gasteiger partial charge in [-0.05, 0) is 30.9 Å². The predicted molar refractivity (Wildman–Crippen MR) is 150 cm³/mol. The SMILES string of the molecule is CCCCCCCCCc1ccccc1OC(CC)OC(=O)C(CCC)[N+](C)(C)Cc1ccccc1. The molecule has 0 bridgehead atoms. The van der Waals surface area contributed by atoms with Gasteiger partial charge in [-0.3, -0.25) is 0 Å². The van der Waals surface area contributed by atoms with Gasteiger partial charge in [0.15, 0.2) is 6.04 Å². The summed E-state index contributed by atoms with van der Waals surface area (Å²) in [7, 11) is 4.24. The Kier molecular flexibility index (Phi) is 13.6. The summed E-state index contributed by atoms with van der Waals surface area (Å²) < 4.78 is 12.8. The van der Waals surface area contributed by atoms with Crippen LogP contribution in [0.1, 0.15) is 96.1 Å². The van der Waals surface area contributed by atoms with Crippen LogP contribution in [-0.4, -0.2) is 36.9 Å². The molecule has 36 heavy (non-hydrogen) atoms. The number of rotatable bonds is 18. The minimum atomic E-state index is -0.580. The first-order valence-electron chi connectivity index (χ1n) is 14.2. The molecular formula is C32H50NO3+. The van der Waals surface area contributed by atoms with Crippen LogP contribution in [0.15, 0.2) is 54.6 Å². The van der Waals surface area contributed by atoms with Crippen molar-refractivity contribution in [3.05, 3.63) is 65.7 Å². The number of esters is 1. The summed E-state index contributed by atoms with van der Waals surface area (Å²) in [4.78, 5) is 13.4. The second-order valence-corrected chi connectivity index (χ2v) is 10.6. The molecule has 0 spiro atoms. The van der Waals surface area contributed by atoms with E-state index < -0.39 is 6.29 Å². The van der Waals surface area contributed by atoms with E-state index in [4.69, 9.17) is 9.47 Å². The van der Waals surface area contributed by atoms with Crippen molar-refractivity contribution in [2.45, 2.75) is 110 Å². The van der Waals surface area contributed by atoms with Crippen LogP contribution in [0.4, 0.5) is 0 Å². The van der Waals surface area contributed by atoms with E-state index >= 15 is 0 Å². The van der Waals surface area contributed by atoms with Gasteiger partial charge in [-0.2, -0.15) is 0 Å². The molecule has 0 heterocycles. The molecule has 0 aromatic heterocycles. The van der Waals surface area contributed by atoms with E-state index in [2.05, 4.69) is 52.2 Å². The Labute approximate surface area is 220 Å². The molecule has 4 nitrogen and oxygen atoms in total. The summed E-state index contributed by atoms with van der Waals surface area (Å²) in [6, 6.07) is 18.3. The molecule has 0 saturated carbocycles. The number of carbonyl (C=O) groups is 1. The number of nitrogens with zero attached hydrogens (tertiary/aromatic N) is 1. The van der Waals surface area contributed by atoms with Crippen molar-refractivity contribution < 1.29 is 18.8 Å². The second-order valence-electron chi connectivity index (χ2n) is 10.6. The fraction of sp³-hybridized carbons (Fsp3) is 0.594. The molecule has 2 aromatic rings. The van der Waals surface area contributed by atoms with Crippen molar-refractivity contribution in [1.82, 2.24) is 0 Å². The Balaban J connectivity index is 1.98. The number of ether oxygens (including phenoxy) is 2. The van der Waals surface area contributed by atoms with Crippen molar-refractivity contribution in [2.24, 2.45) is 0 Å². The van der Waals surface area contributed by atoms with Gasteiger partial charge in [0.05, 0.1) is 14.1 Å². The molecule has 2 rings (SSSR count). The molecular weight excluding hydrogens is 446 g/mol. The molecule has 0 aliphatic carbocycles. The van der Waals surface area contributed by atoms with Crippen molar-refractivity contribution in [3.8, 4) is 5.75 Å². The highest BCUT2D eigenvalue weighted by atomic mass is 16.7. The first kappa shape index (κ1) is 29.9. The summed E-state index contributed by atoms with van der Waals surface area (Å²) in [6.45, 7) is 7.17. The lowest BCUT2D eigenvalue weighted by atomic mass is 10.0. The lowest BCUT2D eigenvalue weighted by Gasteiger charge is -2.37. The number of quaternary nitrogens is 1. The van der Waals surface area contributed by atoms with E-state index in [1.165, 1.54) is 49.7 Å². The average molecular weight is 497 g/mol. The molecule has 0 radical (unpaired) electrons. The lowest BCUT2D eigenvalue weighted by Crippen LogP contribution is -2.53. The number of unbranched alkanes of at least 4 members (excludes halogenated alkanes) is 6. The van der Waals surface area contributed by atoms with Crippen molar-refractivity contribution in [2.75, 3.05) is 14.1 Å².